The van der Waals surface area contributed by atoms with E-state index in [1.165, 1.54) is 4.90 Å². The molecule has 2 aromatic rings. The summed E-state index contributed by atoms with van der Waals surface area (Å²) < 4.78 is 37.6. The first kappa shape index (κ1) is 19.6. The Balaban J connectivity index is 1.78. The molecule has 136 valence electrons. The number of nitrogens with zero attached hydrogens (tertiary/aromatic N) is 2. The quantitative estimate of drug-likeness (QED) is 0.446. The minimum absolute atomic E-state index is 0.195. The van der Waals surface area contributed by atoms with Crippen molar-refractivity contribution in [3.63, 3.8) is 0 Å². The van der Waals surface area contributed by atoms with Crippen LogP contribution in [0, 0.1) is 0 Å². The summed E-state index contributed by atoms with van der Waals surface area (Å²) in [6.45, 7) is 2.96. The Morgan fingerprint density at radius 1 is 1.28 bits per heavy atom. The highest BCUT2D eigenvalue weighted by Gasteiger charge is 2.33. The van der Waals surface area contributed by atoms with E-state index in [0.29, 0.717) is 22.8 Å². The number of thioether (sulfide) groups is 1. The van der Waals surface area contributed by atoms with Crippen LogP contribution in [0.15, 0.2) is 45.6 Å². The SMILES string of the molecule is CN=C(NCc1nc(C(F)(F)F)cs1)NCC(C)Sc1ccccc1. The van der Waals surface area contributed by atoms with E-state index in [0.717, 1.165) is 16.7 Å². The molecule has 0 aliphatic rings. The third kappa shape index (κ3) is 6.58. The van der Waals surface area contributed by atoms with Crippen LogP contribution in [0.4, 0.5) is 13.2 Å². The number of guanidine groups is 1. The summed E-state index contributed by atoms with van der Waals surface area (Å²) in [5.74, 6) is 0.532. The van der Waals surface area contributed by atoms with Crippen molar-refractivity contribution in [2.75, 3.05) is 13.6 Å². The van der Waals surface area contributed by atoms with E-state index in [2.05, 4.69) is 39.7 Å². The van der Waals surface area contributed by atoms with Crippen LogP contribution >= 0.6 is 23.1 Å². The van der Waals surface area contributed by atoms with E-state index in [9.17, 15) is 13.2 Å². The van der Waals surface area contributed by atoms with Gasteiger partial charge >= 0.3 is 6.18 Å². The van der Waals surface area contributed by atoms with Gasteiger partial charge < -0.3 is 10.6 Å². The Bertz CT molecular complexity index is 686. The summed E-state index contributed by atoms with van der Waals surface area (Å²) in [4.78, 5) is 8.84. The number of rotatable bonds is 6. The Morgan fingerprint density at radius 2 is 2.00 bits per heavy atom. The number of aliphatic imine (C=N–C) groups is 1. The molecule has 1 aromatic carbocycles. The van der Waals surface area contributed by atoms with Gasteiger partial charge in [-0.05, 0) is 12.1 Å². The molecule has 1 heterocycles. The average molecular weight is 388 g/mol. The third-order valence-corrected chi connectivity index (χ3v) is 5.07. The van der Waals surface area contributed by atoms with Crippen molar-refractivity contribution in [1.82, 2.24) is 15.6 Å². The molecule has 0 aliphatic carbocycles. The Kier molecular flexibility index (Phi) is 7.12. The van der Waals surface area contributed by atoms with E-state index in [1.54, 1.807) is 18.8 Å². The highest BCUT2D eigenvalue weighted by molar-refractivity contribution is 8.00. The molecule has 0 spiro atoms. The average Bonchev–Trinajstić information content (AvgIpc) is 3.05. The Labute approximate surface area is 153 Å². The highest BCUT2D eigenvalue weighted by atomic mass is 32.2. The molecule has 0 radical (unpaired) electrons. The van der Waals surface area contributed by atoms with E-state index in [-0.39, 0.29) is 6.54 Å². The lowest BCUT2D eigenvalue weighted by Crippen LogP contribution is -2.39. The van der Waals surface area contributed by atoms with Crippen LogP contribution in [0.3, 0.4) is 0 Å². The zero-order valence-corrected chi connectivity index (χ0v) is 15.4. The first-order valence-electron chi connectivity index (χ1n) is 7.56. The molecule has 4 nitrogen and oxygen atoms in total. The number of hydrogen-bond acceptors (Lipinski definition) is 4. The summed E-state index contributed by atoms with van der Waals surface area (Å²) in [6.07, 6.45) is -4.40. The normalized spacial score (nSPS) is 13.6. The monoisotopic (exact) mass is 388 g/mol. The van der Waals surface area contributed by atoms with Gasteiger partial charge in [-0.1, -0.05) is 25.1 Å². The standard InChI is InChI=1S/C16H19F3N4S2/c1-11(25-12-6-4-3-5-7-12)8-21-15(20-2)22-9-14-23-13(10-24-14)16(17,18)19/h3-7,10-11H,8-9H2,1-2H3,(H2,20,21,22). The topological polar surface area (TPSA) is 49.3 Å². The second-order valence-electron chi connectivity index (χ2n) is 5.17. The summed E-state index contributed by atoms with van der Waals surface area (Å²) >= 11 is 2.71. The number of benzene rings is 1. The maximum absolute atomic E-state index is 12.5. The van der Waals surface area contributed by atoms with Crippen molar-refractivity contribution in [2.24, 2.45) is 4.99 Å². The predicted molar refractivity (Wildman–Crippen MR) is 97.1 cm³/mol. The molecule has 0 saturated heterocycles. The molecule has 25 heavy (non-hydrogen) atoms. The first-order chi connectivity index (χ1) is 11.9. The van der Waals surface area contributed by atoms with Gasteiger partial charge in [-0.25, -0.2) is 4.98 Å². The van der Waals surface area contributed by atoms with Crippen LogP contribution in [-0.2, 0) is 12.7 Å². The lowest BCUT2D eigenvalue weighted by Gasteiger charge is -2.15. The number of hydrogen-bond donors (Lipinski definition) is 2. The van der Waals surface area contributed by atoms with Gasteiger partial charge in [-0.2, -0.15) is 13.2 Å². The van der Waals surface area contributed by atoms with Crippen LogP contribution in [0.1, 0.15) is 17.6 Å². The van der Waals surface area contributed by atoms with Gasteiger partial charge in [0.1, 0.15) is 5.01 Å². The fourth-order valence-corrected chi connectivity index (χ4v) is 3.60. The lowest BCUT2D eigenvalue weighted by molar-refractivity contribution is -0.140. The van der Waals surface area contributed by atoms with Gasteiger partial charge in [0.25, 0.3) is 0 Å². The molecule has 2 N–H and O–H groups in total. The van der Waals surface area contributed by atoms with Crippen molar-refractivity contribution in [3.8, 4) is 0 Å². The van der Waals surface area contributed by atoms with Crippen LogP contribution in [0.25, 0.3) is 0 Å². The molecule has 1 unspecified atom stereocenters. The first-order valence-corrected chi connectivity index (χ1v) is 9.32. The minimum atomic E-state index is -4.40. The fourth-order valence-electron chi connectivity index (χ4n) is 1.92. The van der Waals surface area contributed by atoms with E-state index >= 15 is 0 Å². The van der Waals surface area contributed by atoms with Crippen molar-refractivity contribution in [2.45, 2.75) is 29.8 Å². The van der Waals surface area contributed by atoms with Crippen molar-refractivity contribution in [3.05, 3.63) is 46.4 Å². The van der Waals surface area contributed by atoms with Crippen LogP contribution in [0.5, 0.6) is 0 Å². The zero-order chi connectivity index (χ0) is 18.3. The number of aromatic nitrogens is 1. The Morgan fingerprint density at radius 3 is 2.60 bits per heavy atom. The van der Waals surface area contributed by atoms with E-state index in [1.807, 2.05) is 18.2 Å². The number of nitrogens with one attached hydrogen (secondary N) is 2. The molecule has 1 atom stereocenters. The number of halogens is 3. The third-order valence-electron chi connectivity index (χ3n) is 3.11. The highest BCUT2D eigenvalue weighted by Crippen LogP contribution is 2.29. The van der Waals surface area contributed by atoms with Gasteiger partial charge in [-0.3, -0.25) is 4.99 Å². The van der Waals surface area contributed by atoms with Gasteiger partial charge in [0.05, 0.1) is 6.54 Å². The van der Waals surface area contributed by atoms with Gasteiger partial charge in [0.15, 0.2) is 11.7 Å². The van der Waals surface area contributed by atoms with Gasteiger partial charge in [0, 0.05) is 29.1 Å². The molecule has 0 amide bonds. The van der Waals surface area contributed by atoms with Gasteiger partial charge in [0.2, 0.25) is 0 Å². The number of thiazole rings is 1. The summed E-state index contributed by atoms with van der Waals surface area (Å²) in [6, 6.07) is 10.1. The maximum Gasteiger partial charge on any atom is 0.434 e. The summed E-state index contributed by atoms with van der Waals surface area (Å²) in [5.41, 5.74) is -0.856. The lowest BCUT2D eigenvalue weighted by atomic mass is 10.4. The van der Waals surface area contributed by atoms with Crippen molar-refractivity contribution in [1.29, 1.82) is 0 Å². The van der Waals surface area contributed by atoms with Crippen LogP contribution in [0.2, 0.25) is 0 Å². The molecule has 1 aromatic heterocycles. The molecular weight excluding hydrogens is 369 g/mol. The second kappa shape index (κ2) is 9.10. The van der Waals surface area contributed by atoms with E-state index < -0.39 is 11.9 Å². The molecule has 0 saturated carbocycles. The predicted octanol–water partition coefficient (Wildman–Crippen LogP) is 4.01. The van der Waals surface area contributed by atoms with Crippen LogP contribution in [-0.4, -0.2) is 29.8 Å². The summed E-state index contributed by atoms with van der Waals surface area (Å²) in [7, 11) is 1.62. The van der Waals surface area contributed by atoms with Crippen molar-refractivity contribution < 1.29 is 13.2 Å². The molecule has 0 aliphatic heterocycles. The largest absolute Gasteiger partial charge is 0.434 e. The fraction of sp³-hybridized carbons (Fsp3) is 0.375. The second-order valence-corrected chi connectivity index (χ2v) is 7.63. The van der Waals surface area contributed by atoms with Crippen molar-refractivity contribution >= 4 is 29.1 Å². The molecular formula is C16H19F3N4S2. The van der Waals surface area contributed by atoms with Crippen LogP contribution < -0.4 is 10.6 Å². The number of alkyl halides is 3. The molecule has 0 fully saturated rings. The molecule has 9 heteroatoms. The molecule has 2 rings (SSSR count). The minimum Gasteiger partial charge on any atom is -0.355 e. The summed E-state index contributed by atoms with van der Waals surface area (Å²) in [5, 5.41) is 7.84. The molecule has 0 bridgehead atoms. The zero-order valence-electron chi connectivity index (χ0n) is 13.8. The smallest absolute Gasteiger partial charge is 0.355 e. The van der Waals surface area contributed by atoms with Gasteiger partial charge in [-0.15, -0.1) is 23.1 Å². The maximum atomic E-state index is 12.5. The van der Waals surface area contributed by atoms with E-state index in [4.69, 9.17) is 0 Å². The Hall–Kier alpha value is -1.74.